The topological polar surface area (TPSA) is 96.0 Å². The molecule has 2 amide bonds. The van der Waals surface area contributed by atoms with E-state index in [2.05, 4.69) is 5.32 Å². The van der Waals surface area contributed by atoms with Crippen LogP contribution < -0.4 is 14.4 Å². The first kappa shape index (κ1) is 31.7. The second-order valence-electron chi connectivity index (χ2n) is 10.6. The fraction of sp³-hybridized carbons (Fsp3) is 0.375. The van der Waals surface area contributed by atoms with Crippen LogP contribution in [0.15, 0.2) is 77.7 Å². The molecule has 0 aliphatic carbocycles. The molecule has 0 saturated carbocycles. The quantitative estimate of drug-likeness (QED) is 0.305. The molecule has 3 aromatic rings. The van der Waals surface area contributed by atoms with Crippen LogP contribution in [0.5, 0.6) is 5.75 Å². The Morgan fingerprint density at radius 3 is 2.22 bits per heavy atom. The highest BCUT2D eigenvalue weighted by Gasteiger charge is 2.33. The van der Waals surface area contributed by atoms with Crippen molar-refractivity contribution in [3.8, 4) is 5.75 Å². The highest BCUT2D eigenvalue weighted by atomic mass is 32.2. The molecule has 8 nitrogen and oxygen atoms in total. The standard InChI is InChI=1S/C32H41N3O5S/c1-7-30(32(37)33-20-23(2)3)34(21-26-11-9-13-28(19-26)40-6)31(36)22-35(27-12-8-10-25(5)18-27)41(38,39)29-16-14-24(4)15-17-29/h8-19,23,30H,7,20-22H2,1-6H3,(H,33,37)/t30-/m0/s1. The summed E-state index contributed by atoms with van der Waals surface area (Å²) in [5.74, 6) is 0.0866. The third-order valence-corrected chi connectivity index (χ3v) is 8.52. The average Bonchev–Trinajstić information content (AvgIpc) is 2.94. The Bertz CT molecular complexity index is 1440. The Morgan fingerprint density at radius 1 is 0.927 bits per heavy atom. The van der Waals surface area contributed by atoms with Gasteiger partial charge in [-0.05, 0) is 73.7 Å². The molecular weight excluding hydrogens is 538 g/mol. The maximum absolute atomic E-state index is 14.2. The molecule has 3 rings (SSSR count). The summed E-state index contributed by atoms with van der Waals surface area (Å²) in [6, 6.07) is 20.0. The number of benzene rings is 3. The number of nitrogens with one attached hydrogen (secondary N) is 1. The Morgan fingerprint density at radius 2 is 1.61 bits per heavy atom. The number of ether oxygens (including phenoxy) is 1. The molecule has 0 aliphatic rings. The molecule has 0 fully saturated rings. The molecule has 41 heavy (non-hydrogen) atoms. The number of methoxy groups -OCH3 is 1. The van der Waals surface area contributed by atoms with E-state index in [1.165, 1.54) is 4.90 Å². The van der Waals surface area contributed by atoms with Crippen molar-refractivity contribution in [3.63, 3.8) is 0 Å². The van der Waals surface area contributed by atoms with Crippen molar-refractivity contribution < 1.29 is 22.7 Å². The molecule has 0 spiro atoms. The third-order valence-electron chi connectivity index (χ3n) is 6.74. The molecule has 1 N–H and O–H groups in total. The normalized spacial score (nSPS) is 12.1. The van der Waals surface area contributed by atoms with Gasteiger partial charge in [-0.25, -0.2) is 8.42 Å². The Labute approximate surface area is 244 Å². The SMILES string of the molecule is CC[C@@H](C(=O)NCC(C)C)N(Cc1cccc(OC)c1)C(=O)CN(c1cccc(C)c1)S(=O)(=O)c1ccc(C)cc1. The van der Waals surface area contributed by atoms with Crippen molar-refractivity contribution >= 4 is 27.5 Å². The van der Waals surface area contributed by atoms with E-state index >= 15 is 0 Å². The number of carbonyl (C=O) groups is 2. The smallest absolute Gasteiger partial charge is 0.264 e. The van der Waals surface area contributed by atoms with E-state index in [9.17, 15) is 18.0 Å². The lowest BCUT2D eigenvalue weighted by Gasteiger charge is -2.33. The van der Waals surface area contributed by atoms with Gasteiger partial charge < -0.3 is 15.0 Å². The minimum absolute atomic E-state index is 0.0819. The van der Waals surface area contributed by atoms with Gasteiger partial charge in [0.1, 0.15) is 18.3 Å². The summed E-state index contributed by atoms with van der Waals surface area (Å²) in [5.41, 5.74) is 2.91. The van der Waals surface area contributed by atoms with Crippen LogP contribution in [0.4, 0.5) is 5.69 Å². The zero-order chi connectivity index (χ0) is 30.2. The number of hydrogen-bond acceptors (Lipinski definition) is 5. The Kier molecular flexibility index (Phi) is 10.9. The van der Waals surface area contributed by atoms with E-state index in [1.807, 2.05) is 52.8 Å². The van der Waals surface area contributed by atoms with Gasteiger partial charge >= 0.3 is 0 Å². The monoisotopic (exact) mass is 579 g/mol. The van der Waals surface area contributed by atoms with Gasteiger partial charge in [0.05, 0.1) is 17.7 Å². The molecule has 0 aromatic heterocycles. The van der Waals surface area contributed by atoms with Crippen LogP contribution in [0.1, 0.15) is 43.9 Å². The van der Waals surface area contributed by atoms with Gasteiger partial charge in [0.25, 0.3) is 10.0 Å². The minimum atomic E-state index is -4.11. The van der Waals surface area contributed by atoms with Crippen LogP contribution >= 0.6 is 0 Å². The summed E-state index contributed by atoms with van der Waals surface area (Å²) >= 11 is 0. The number of anilines is 1. The summed E-state index contributed by atoms with van der Waals surface area (Å²) in [4.78, 5) is 29.0. The second kappa shape index (κ2) is 14.2. The fourth-order valence-electron chi connectivity index (χ4n) is 4.46. The molecule has 3 aromatic carbocycles. The minimum Gasteiger partial charge on any atom is -0.497 e. The highest BCUT2D eigenvalue weighted by molar-refractivity contribution is 7.92. The van der Waals surface area contributed by atoms with E-state index < -0.39 is 28.5 Å². The van der Waals surface area contributed by atoms with Crippen LogP contribution in [0, 0.1) is 19.8 Å². The first-order valence-corrected chi connectivity index (χ1v) is 15.3. The van der Waals surface area contributed by atoms with Crippen molar-refractivity contribution in [2.75, 3.05) is 24.5 Å². The summed E-state index contributed by atoms with van der Waals surface area (Å²) in [7, 11) is -2.55. The van der Waals surface area contributed by atoms with Crippen molar-refractivity contribution in [3.05, 3.63) is 89.5 Å². The van der Waals surface area contributed by atoms with Gasteiger partial charge in [0, 0.05) is 13.1 Å². The van der Waals surface area contributed by atoms with Gasteiger partial charge in [-0.15, -0.1) is 0 Å². The van der Waals surface area contributed by atoms with Crippen molar-refractivity contribution in [2.45, 2.75) is 58.5 Å². The van der Waals surface area contributed by atoms with Crippen LogP contribution in [0.3, 0.4) is 0 Å². The lowest BCUT2D eigenvalue weighted by molar-refractivity contribution is -0.140. The van der Waals surface area contributed by atoms with E-state index in [0.29, 0.717) is 24.4 Å². The Balaban J connectivity index is 2.06. The number of carbonyl (C=O) groups excluding carboxylic acids is 2. The largest absolute Gasteiger partial charge is 0.497 e. The molecule has 0 heterocycles. The summed E-state index contributed by atoms with van der Waals surface area (Å²) in [6.45, 7) is 9.67. The van der Waals surface area contributed by atoms with E-state index in [0.717, 1.165) is 21.0 Å². The first-order chi connectivity index (χ1) is 19.5. The van der Waals surface area contributed by atoms with Crippen molar-refractivity contribution in [1.82, 2.24) is 10.2 Å². The molecule has 0 unspecified atom stereocenters. The number of rotatable bonds is 13. The lowest BCUT2D eigenvalue weighted by atomic mass is 10.1. The molecule has 1 atom stereocenters. The number of aryl methyl sites for hydroxylation is 2. The Hall–Kier alpha value is -3.85. The molecule has 9 heteroatoms. The number of nitrogens with zero attached hydrogens (tertiary/aromatic N) is 2. The zero-order valence-corrected chi connectivity index (χ0v) is 25.6. The summed E-state index contributed by atoms with van der Waals surface area (Å²) in [5, 5.41) is 2.94. The highest BCUT2D eigenvalue weighted by Crippen LogP contribution is 2.26. The molecule has 220 valence electrons. The van der Waals surface area contributed by atoms with Crippen molar-refractivity contribution in [1.29, 1.82) is 0 Å². The third kappa shape index (κ3) is 8.33. The van der Waals surface area contributed by atoms with Gasteiger partial charge in [-0.2, -0.15) is 0 Å². The van der Waals surface area contributed by atoms with Crippen LogP contribution in [-0.2, 0) is 26.2 Å². The molecule has 0 radical (unpaired) electrons. The molecular formula is C32H41N3O5S. The maximum Gasteiger partial charge on any atom is 0.264 e. The van der Waals surface area contributed by atoms with E-state index in [1.54, 1.807) is 61.7 Å². The zero-order valence-electron chi connectivity index (χ0n) is 24.8. The van der Waals surface area contributed by atoms with Gasteiger partial charge in [0.2, 0.25) is 11.8 Å². The predicted molar refractivity (Wildman–Crippen MR) is 162 cm³/mol. The summed E-state index contributed by atoms with van der Waals surface area (Å²) < 4.78 is 34.4. The number of hydrogen-bond donors (Lipinski definition) is 1. The molecule has 0 saturated heterocycles. The van der Waals surface area contributed by atoms with Gasteiger partial charge in [-0.1, -0.05) is 62.7 Å². The summed E-state index contributed by atoms with van der Waals surface area (Å²) in [6.07, 6.45) is 0.356. The number of sulfonamides is 1. The fourth-order valence-corrected chi connectivity index (χ4v) is 5.86. The molecule has 0 bridgehead atoms. The van der Waals surface area contributed by atoms with E-state index in [-0.39, 0.29) is 23.3 Å². The second-order valence-corrected chi connectivity index (χ2v) is 12.5. The lowest BCUT2D eigenvalue weighted by Crippen LogP contribution is -2.52. The van der Waals surface area contributed by atoms with Crippen LogP contribution in [0.25, 0.3) is 0 Å². The first-order valence-electron chi connectivity index (χ1n) is 13.8. The van der Waals surface area contributed by atoms with Crippen LogP contribution in [-0.4, -0.2) is 51.4 Å². The predicted octanol–water partition coefficient (Wildman–Crippen LogP) is 5.09. The molecule has 0 aliphatic heterocycles. The van der Waals surface area contributed by atoms with Crippen molar-refractivity contribution in [2.24, 2.45) is 5.92 Å². The van der Waals surface area contributed by atoms with Gasteiger partial charge in [-0.3, -0.25) is 13.9 Å². The van der Waals surface area contributed by atoms with Gasteiger partial charge in [0.15, 0.2) is 0 Å². The maximum atomic E-state index is 14.2. The van der Waals surface area contributed by atoms with Crippen LogP contribution in [0.2, 0.25) is 0 Å². The number of amides is 2. The van der Waals surface area contributed by atoms with E-state index in [4.69, 9.17) is 4.74 Å². The average molecular weight is 580 g/mol.